The lowest BCUT2D eigenvalue weighted by Gasteiger charge is -2.25. The summed E-state index contributed by atoms with van der Waals surface area (Å²) in [5.41, 5.74) is 1.19. The molecule has 1 amide bonds. The van der Waals surface area contributed by atoms with Crippen molar-refractivity contribution in [2.24, 2.45) is 0 Å². The normalized spacial score (nSPS) is 18.9. The van der Waals surface area contributed by atoms with Gasteiger partial charge in [0, 0.05) is 28.7 Å². The van der Waals surface area contributed by atoms with Gasteiger partial charge in [0.2, 0.25) is 0 Å². The molecule has 7 heteroatoms. The largest absolute Gasteiger partial charge is 0.507 e. The number of likely N-dealkylation sites (tertiary alicyclic amines) is 1. The van der Waals surface area contributed by atoms with E-state index in [9.17, 15) is 14.7 Å². The minimum atomic E-state index is -0.719. The van der Waals surface area contributed by atoms with Gasteiger partial charge in [-0.3, -0.25) is 9.59 Å². The second-order valence-corrected chi connectivity index (χ2v) is 7.40. The molecular weight excluding hydrogens is 434 g/mol. The summed E-state index contributed by atoms with van der Waals surface area (Å²) < 4.78 is 5.89. The zero-order chi connectivity index (χ0) is 19.6. The number of hydrogen-bond acceptors (Lipinski definition) is 4. The molecule has 0 radical (unpaired) electrons. The van der Waals surface area contributed by atoms with Crippen LogP contribution < -0.4 is 0 Å². The van der Waals surface area contributed by atoms with Gasteiger partial charge in [0.1, 0.15) is 5.76 Å². The number of aliphatic hydroxyl groups excluding tert-OH is 1. The average Bonchev–Trinajstić information content (AvgIpc) is 2.91. The molecule has 3 rings (SSSR count). The molecule has 1 N–H and O–H groups in total. The molecular formula is C20H17BrClNO4. The molecule has 140 valence electrons. The number of ether oxygens (including phenoxy) is 1. The first kappa shape index (κ1) is 19.6. The predicted octanol–water partition coefficient (Wildman–Crippen LogP) is 4.17. The Morgan fingerprint density at radius 2 is 1.93 bits per heavy atom. The first-order valence-corrected chi connectivity index (χ1v) is 9.40. The summed E-state index contributed by atoms with van der Waals surface area (Å²) in [5.74, 6) is -1.61. The zero-order valence-electron chi connectivity index (χ0n) is 14.5. The smallest absolute Gasteiger partial charge is 0.295 e. The number of benzene rings is 2. The van der Waals surface area contributed by atoms with Crippen LogP contribution in [0.15, 0.2) is 58.6 Å². The molecule has 1 atom stereocenters. The minimum Gasteiger partial charge on any atom is -0.507 e. The van der Waals surface area contributed by atoms with Gasteiger partial charge in [-0.25, -0.2) is 0 Å². The van der Waals surface area contributed by atoms with Crippen molar-refractivity contribution in [1.29, 1.82) is 0 Å². The first-order valence-electron chi connectivity index (χ1n) is 8.22. The highest BCUT2D eigenvalue weighted by Gasteiger charge is 2.45. The van der Waals surface area contributed by atoms with Crippen molar-refractivity contribution >= 4 is 45.0 Å². The number of Topliss-reactive ketones (excluding diaryl/α,β-unsaturated/α-hetero) is 1. The van der Waals surface area contributed by atoms with E-state index in [1.807, 2.05) is 24.3 Å². The van der Waals surface area contributed by atoms with Crippen LogP contribution >= 0.6 is 27.5 Å². The molecule has 2 aromatic rings. The SMILES string of the molecule is COCCN1C(=O)C(=O)/C(=C(/O)c2ccc(Cl)cc2)[C@@H]1c1cccc(Br)c1. The highest BCUT2D eigenvalue weighted by atomic mass is 79.9. The van der Waals surface area contributed by atoms with Crippen molar-refractivity contribution in [3.63, 3.8) is 0 Å². The molecule has 0 aliphatic carbocycles. The highest BCUT2D eigenvalue weighted by molar-refractivity contribution is 9.10. The number of rotatable bonds is 5. The molecule has 2 aromatic carbocycles. The topological polar surface area (TPSA) is 66.8 Å². The van der Waals surface area contributed by atoms with Crippen molar-refractivity contribution < 1.29 is 19.4 Å². The Kier molecular flexibility index (Phi) is 5.99. The van der Waals surface area contributed by atoms with Crippen LogP contribution in [-0.4, -0.2) is 42.0 Å². The summed E-state index contributed by atoms with van der Waals surface area (Å²) in [7, 11) is 1.53. The van der Waals surface area contributed by atoms with Gasteiger partial charge in [-0.1, -0.05) is 39.7 Å². The summed E-state index contributed by atoms with van der Waals surface area (Å²) in [6.07, 6.45) is 0. The Balaban J connectivity index is 2.16. The Morgan fingerprint density at radius 1 is 1.22 bits per heavy atom. The first-order chi connectivity index (χ1) is 12.9. The van der Waals surface area contributed by atoms with Crippen molar-refractivity contribution in [2.75, 3.05) is 20.3 Å². The minimum absolute atomic E-state index is 0.0523. The fourth-order valence-electron chi connectivity index (χ4n) is 3.09. The fraction of sp³-hybridized carbons (Fsp3) is 0.200. The van der Waals surface area contributed by atoms with Crippen molar-refractivity contribution in [1.82, 2.24) is 4.90 Å². The van der Waals surface area contributed by atoms with Gasteiger partial charge >= 0.3 is 0 Å². The number of methoxy groups -OCH3 is 1. The maximum absolute atomic E-state index is 12.7. The van der Waals surface area contributed by atoms with Crippen LogP contribution in [0.1, 0.15) is 17.2 Å². The average molecular weight is 451 g/mol. The molecule has 0 unspecified atom stereocenters. The van der Waals surface area contributed by atoms with Gasteiger partial charge in [-0.2, -0.15) is 0 Å². The third-order valence-electron chi connectivity index (χ3n) is 4.36. The number of carbonyl (C=O) groups excluding carboxylic acids is 2. The molecule has 0 bridgehead atoms. The number of aliphatic hydroxyl groups is 1. The van der Waals surface area contributed by atoms with Gasteiger partial charge in [-0.05, 0) is 42.0 Å². The Hall–Kier alpha value is -2.15. The Morgan fingerprint density at radius 3 is 2.56 bits per heavy atom. The van der Waals surface area contributed by atoms with Crippen LogP contribution in [-0.2, 0) is 14.3 Å². The summed E-state index contributed by atoms with van der Waals surface area (Å²) in [5, 5.41) is 11.3. The highest BCUT2D eigenvalue weighted by Crippen LogP contribution is 2.39. The second kappa shape index (κ2) is 8.25. The molecule has 0 spiro atoms. The molecule has 0 aromatic heterocycles. The standard InChI is InChI=1S/C20H17BrClNO4/c1-27-10-9-23-17(13-3-2-4-14(21)11-13)16(19(25)20(23)26)18(24)12-5-7-15(22)8-6-12/h2-8,11,17,24H,9-10H2,1H3/b18-16+/t17-/m0/s1. The molecule has 1 aliphatic heterocycles. The summed E-state index contributed by atoms with van der Waals surface area (Å²) >= 11 is 9.32. The predicted molar refractivity (Wildman–Crippen MR) is 106 cm³/mol. The third-order valence-corrected chi connectivity index (χ3v) is 5.10. The van der Waals surface area contributed by atoms with Gasteiger partial charge in [0.15, 0.2) is 0 Å². The number of amides is 1. The molecule has 27 heavy (non-hydrogen) atoms. The monoisotopic (exact) mass is 449 g/mol. The van der Waals surface area contributed by atoms with E-state index in [0.29, 0.717) is 10.6 Å². The van der Waals surface area contributed by atoms with Crippen LogP contribution in [0.4, 0.5) is 0 Å². The van der Waals surface area contributed by atoms with E-state index in [1.54, 1.807) is 24.3 Å². The van der Waals surface area contributed by atoms with Crippen molar-refractivity contribution in [2.45, 2.75) is 6.04 Å². The molecule has 0 saturated carbocycles. The van der Waals surface area contributed by atoms with Gasteiger partial charge in [0.25, 0.3) is 11.7 Å². The van der Waals surface area contributed by atoms with E-state index in [4.69, 9.17) is 16.3 Å². The number of carbonyl (C=O) groups is 2. The summed E-state index contributed by atoms with van der Waals surface area (Å²) in [6.45, 7) is 0.508. The summed E-state index contributed by atoms with van der Waals surface area (Å²) in [4.78, 5) is 26.8. The fourth-order valence-corrected chi connectivity index (χ4v) is 3.63. The lowest BCUT2D eigenvalue weighted by atomic mass is 9.95. The number of nitrogens with zero attached hydrogens (tertiary/aromatic N) is 1. The Labute approximate surface area is 170 Å². The molecule has 1 saturated heterocycles. The third kappa shape index (κ3) is 3.93. The van der Waals surface area contributed by atoms with Crippen LogP contribution in [0.5, 0.6) is 0 Å². The molecule has 5 nitrogen and oxygen atoms in total. The molecule has 1 heterocycles. The van der Waals surface area contributed by atoms with E-state index < -0.39 is 17.7 Å². The lowest BCUT2D eigenvalue weighted by molar-refractivity contribution is -0.140. The van der Waals surface area contributed by atoms with Crippen LogP contribution in [0, 0.1) is 0 Å². The van der Waals surface area contributed by atoms with Crippen molar-refractivity contribution in [3.8, 4) is 0 Å². The lowest BCUT2D eigenvalue weighted by Crippen LogP contribution is -2.32. The summed E-state index contributed by atoms with van der Waals surface area (Å²) in [6, 6.07) is 13.1. The van der Waals surface area contributed by atoms with E-state index in [-0.39, 0.29) is 24.5 Å². The number of ketones is 1. The van der Waals surface area contributed by atoms with Crippen molar-refractivity contribution in [3.05, 3.63) is 74.7 Å². The van der Waals surface area contributed by atoms with E-state index in [1.165, 1.54) is 12.0 Å². The van der Waals surface area contributed by atoms with Gasteiger partial charge in [0.05, 0.1) is 18.2 Å². The van der Waals surface area contributed by atoms with E-state index in [2.05, 4.69) is 15.9 Å². The van der Waals surface area contributed by atoms with Crippen LogP contribution in [0.25, 0.3) is 5.76 Å². The zero-order valence-corrected chi connectivity index (χ0v) is 16.8. The van der Waals surface area contributed by atoms with Gasteiger partial charge < -0.3 is 14.7 Å². The second-order valence-electron chi connectivity index (χ2n) is 6.05. The Bertz CT molecular complexity index is 910. The van der Waals surface area contributed by atoms with Crippen LogP contribution in [0.2, 0.25) is 5.02 Å². The van der Waals surface area contributed by atoms with Crippen LogP contribution in [0.3, 0.4) is 0 Å². The molecule has 1 fully saturated rings. The maximum atomic E-state index is 12.7. The number of halogens is 2. The maximum Gasteiger partial charge on any atom is 0.295 e. The number of hydrogen-bond donors (Lipinski definition) is 1. The van der Waals surface area contributed by atoms with E-state index in [0.717, 1.165) is 10.0 Å². The molecule has 1 aliphatic rings. The quantitative estimate of drug-likeness (QED) is 0.422. The van der Waals surface area contributed by atoms with Gasteiger partial charge in [-0.15, -0.1) is 0 Å². The van der Waals surface area contributed by atoms with E-state index >= 15 is 0 Å².